The summed E-state index contributed by atoms with van der Waals surface area (Å²) in [5, 5.41) is 4.57. The number of nitrogens with one attached hydrogen (secondary N) is 1. The molecule has 0 spiro atoms. The fourth-order valence-corrected chi connectivity index (χ4v) is 2.85. The van der Waals surface area contributed by atoms with Crippen LogP contribution in [0.15, 0.2) is 47.6 Å². The lowest BCUT2D eigenvalue weighted by Gasteiger charge is -2.14. The van der Waals surface area contributed by atoms with Crippen molar-refractivity contribution in [1.29, 1.82) is 0 Å². The van der Waals surface area contributed by atoms with Crippen molar-refractivity contribution in [1.82, 2.24) is 5.43 Å². The van der Waals surface area contributed by atoms with Crippen LogP contribution in [0.4, 0.5) is 5.69 Å². The maximum absolute atomic E-state index is 5.74. The average Bonchev–Trinajstić information content (AvgIpc) is 2.78. The first-order valence-electron chi connectivity index (χ1n) is 8.23. The van der Waals surface area contributed by atoms with Crippen LogP contribution in [0.2, 0.25) is 0 Å². The molecule has 0 aromatic heterocycles. The van der Waals surface area contributed by atoms with E-state index in [1.54, 1.807) is 14.2 Å². The van der Waals surface area contributed by atoms with Crippen molar-refractivity contribution in [2.75, 3.05) is 20.0 Å². The van der Waals surface area contributed by atoms with E-state index in [1.807, 2.05) is 48.6 Å². The van der Waals surface area contributed by atoms with E-state index in [4.69, 9.17) is 15.2 Å². The van der Waals surface area contributed by atoms with Crippen LogP contribution in [0.1, 0.15) is 23.6 Å². The number of nitrogens with zero attached hydrogens (tertiary/aromatic N) is 1. The predicted molar refractivity (Wildman–Crippen MR) is 102 cm³/mol. The quantitative estimate of drug-likeness (QED) is 0.841. The third-order valence-corrected chi connectivity index (χ3v) is 4.19. The topological polar surface area (TPSA) is 68.9 Å². The minimum absolute atomic E-state index is 0.235. The Kier molecular flexibility index (Phi) is 4.93. The van der Waals surface area contributed by atoms with Crippen molar-refractivity contribution in [3.05, 3.63) is 59.2 Å². The van der Waals surface area contributed by atoms with Crippen LogP contribution in [0.3, 0.4) is 0 Å². The Morgan fingerprint density at radius 2 is 1.76 bits per heavy atom. The summed E-state index contributed by atoms with van der Waals surface area (Å²) < 4.78 is 10.9. The van der Waals surface area contributed by atoms with Gasteiger partial charge in [-0.1, -0.05) is 18.2 Å². The largest absolute Gasteiger partial charge is 0.493 e. The van der Waals surface area contributed by atoms with Crippen molar-refractivity contribution in [2.45, 2.75) is 19.4 Å². The van der Waals surface area contributed by atoms with Gasteiger partial charge in [-0.15, -0.1) is 0 Å². The Labute approximate surface area is 148 Å². The SMILES string of the molecule is COc1cc2c(cc1OC)C(C=Cc1ccc(N)cc1)=NNC(C)C2. The zero-order valence-electron chi connectivity index (χ0n) is 14.7. The lowest BCUT2D eigenvalue weighted by Crippen LogP contribution is -2.21. The Morgan fingerprint density at radius 1 is 1.08 bits per heavy atom. The number of hydrogen-bond acceptors (Lipinski definition) is 5. The molecule has 1 heterocycles. The molecule has 130 valence electrons. The second-order valence-corrected chi connectivity index (χ2v) is 6.10. The van der Waals surface area contributed by atoms with Gasteiger partial charge in [0.1, 0.15) is 0 Å². The number of hydrogen-bond donors (Lipinski definition) is 2. The summed E-state index contributed by atoms with van der Waals surface area (Å²) in [6.07, 6.45) is 4.89. The normalized spacial score (nSPS) is 16.6. The van der Waals surface area contributed by atoms with E-state index in [9.17, 15) is 0 Å². The first-order valence-corrected chi connectivity index (χ1v) is 8.23. The lowest BCUT2D eigenvalue weighted by atomic mass is 9.97. The number of hydrazone groups is 1. The molecule has 1 aliphatic heterocycles. The molecule has 0 saturated carbocycles. The minimum atomic E-state index is 0.235. The third-order valence-electron chi connectivity index (χ3n) is 4.19. The first kappa shape index (κ1) is 16.9. The first-order chi connectivity index (χ1) is 12.1. The summed E-state index contributed by atoms with van der Waals surface area (Å²) in [5.41, 5.74) is 13.8. The van der Waals surface area contributed by atoms with Crippen LogP contribution in [0.25, 0.3) is 6.08 Å². The van der Waals surface area contributed by atoms with Gasteiger partial charge in [0.25, 0.3) is 0 Å². The highest BCUT2D eigenvalue weighted by Crippen LogP contribution is 2.32. The van der Waals surface area contributed by atoms with Crippen molar-refractivity contribution in [2.24, 2.45) is 5.10 Å². The summed E-state index contributed by atoms with van der Waals surface area (Å²) in [4.78, 5) is 0. The molecule has 3 rings (SSSR count). The minimum Gasteiger partial charge on any atom is -0.493 e. The maximum Gasteiger partial charge on any atom is 0.161 e. The van der Waals surface area contributed by atoms with Gasteiger partial charge in [-0.05, 0) is 54.8 Å². The molecule has 1 unspecified atom stereocenters. The number of rotatable bonds is 4. The Bertz CT molecular complexity index is 810. The van der Waals surface area contributed by atoms with E-state index in [1.165, 1.54) is 5.56 Å². The Balaban J connectivity index is 2.01. The van der Waals surface area contributed by atoms with Crippen molar-refractivity contribution in [3.63, 3.8) is 0 Å². The standard InChI is InChI=1S/C20H23N3O2/c1-13-10-15-11-19(24-2)20(25-3)12-17(15)18(23-22-13)9-6-14-4-7-16(21)8-5-14/h4-9,11-13,22H,10,21H2,1-3H3. The number of anilines is 1. The van der Waals surface area contributed by atoms with Gasteiger partial charge in [-0.25, -0.2) is 0 Å². The molecule has 5 nitrogen and oxygen atoms in total. The fraction of sp³-hybridized carbons (Fsp3) is 0.250. The van der Waals surface area contributed by atoms with Gasteiger partial charge >= 0.3 is 0 Å². The molecule has 1 aliphatic rings. The number of nitrogen functional groups attached to an aromatic ring is 1. The number of fused-ring (bicyclic) bond motifs is 1. The molecule has 0 amide bonds. The summed E-state index contributed by atoms with van der Waals surface area (Å²) in [7, 11) is 3.29. The summed E-state index contributed by atoms with van der Waals surface area (Å²) in [6, 6.07) is 12.0. The van der Waals surface area contributed by atoms with Crippen LogP contribution in [-0.2, 0) is 6.42 Å². The molecule has 0 fully saturated rings. The second-order valence-electron chi connectivity index (χ2n) is 6.10. The highest BCUT2D eigenvalue weighted by molar-refractivity contribution is 6.12. The molecular weight excluding hydrogens is 314 g/mol. The molecule has 0 aliphatic carbocycles. The van der Waals surface area contributed by atoms with Crippen LogP contribution in [-0.4, -0.2) is 26.0 Å². The van der Waals surface area contributed by atoms with Crippen molar-refractivity contribution >= 4 is 17.5 Å². The summed E-state index contributed by atoms with van der Waals surface area (Å²) >= 11 is 0. The van der Waals surface area contributed by atoms with Crippen LogP contribution in [0, 0.1) is 0 Å². The Morgan fingerprint density at radius 3 is 2.44 bits per heavy atom. The molecule has 0 bridgehead atoms. The number of allylic oxidation sites excluding steroid dienone is 1. The van der Waals surface area contributed by atoms with Gasteiger partial charge in [-0.2, -0.15) is 5.10 Å². The Hall–Kier alpha value is -2.95. The zero-order chi connectivity index (χ0) is 17.8. The van der Waals surface area contributed by atoms with Gasteiger partial charge in [0.15, 0.2) is 11.5 Å². The van der Waals surface area contributed by atoms with Crippen molar-refractivity contribution < 1.29 is 9.47 Å². The van der Waals surface area contributed by atoms with E-state index in [2.05, 4.69) is 17.5 Å². The van der Waals surface area contributed by atoms with Gasteiger partial charge < -0.3 is 20.6 Å². The molecule has 2 aromatic carbocycles. The van der Waals surface area contributed by atoms with Gasteiger partial charge in [0.05, 0.1) is 19.9 Å². The lowest BCUT2D eigenvalue weighted by molar-refractivity contribution is 0.354. The van der Waals surface area contributed by atoms with E-state index < -0.39 is 0 Å². The summed E-state index contributed by atoms with van der Waals surface area (Å²) in [5.74, 6) is 1.43. The van der Waals surface area contributed by atoms with Crippen molar-refractivity contribution in [3.8, 4) is 11.5 Å². The second kappa shape index (κ2) is 7.30. The fourth-order valence-electron chi connectivity index (χ4n) is 2.85. The molecular formula is C20H23N3O2. The highest BCUT2D eigenvalue weighted by Gasteiger charge is 2.19. The molecule has 0 saturated heterocycles. The molecule has 0 radical (unpaired) electrons. The number of benzene rings is 2. The number of nitrogens with two attached hydrogens (primary N) is 1. The van der Waals surface area contributed by atoms with E-state index >= 15 is 0 Å². The predicted octanol–water partition coefficient (Wildman–Crippen LogP) is 3.24. The molecule has 25 heavy (non-hydrogen) atoms. The highest BCUT2D eigenvalue weighted by atomic mass is 16.5. The van der Waals surface area contributed by atoms with Crippen LogP contribution >= 0.6 is 0 Å². The monoisotopic (exact) mass is 337 g/mol. The molecule has 3 N–H and O–H groups in total. The maximum atomic E-state index is 5.74. The van der Waals surface area contributed by atoms with Crippen LogP contribution < -0.4 is 20.6 Å². The smallest absolute Gasteiger partial charge is 0.161 e. The molecule has 5 heteroatoms. The van der Waals surface area contributed by atoms with E-state index in [0.29, 0.717) is 5.75 Å². The molecule has 1 atom stereocenters. The summed E-state index contributed by atoms with van der Waals surface area (Å²) in [6.45, 7) is 2.11. The zero-order valence-corrected chi connectivity index (χ0v) is 14.7. The van der Waals surface area contributed by atoms with Gasteiger partial charge in [0, 0.05) is 17.3 Å². The van der Waals surface area contributed by atoms with Gasteiger partial charge in [-0.3, -0.25) is 0 Å². The van der Waals surface area contributed by atoms with Gasteiger partial charge in [0.2, 0.25) is 0 Å². The van der Waals surface area contributed by atoms with E-state index in [0.717, 1.165) is 34.7 Å². The van der Waals surface area contributed by atoms with E-state index in [-0.39, 0.29) is 6.04 Å². The number of methoxy groups -OCH3 is 2. The average molecular weight is 337 g/mol. The number of ether oxygens (including phenoxy) is 2. The van der Waals surface area contributed by atoms with Crippen LogP contribution in [0.5, 0.6) is 11.5 Å². The molecule has 2 aromatic rings. The third kappa shape index (κ3) is 3.76.